The van der Waals surface area contributed by atoms with E-state index in [1.165, 1.54) is 0 Å². The topological polar surface area (TPSA) is 0 Å². The first kappa shape index (κ1) is 75.1. The minimum absolute atomic E-state index is 0. The fraction of sp³-hybridized carbons (Fsp3) is 0.333. The molecule has 50 valence electrons. The Kier molecular flexibility index (Phi) is 446. The van der Waals surface area contributed by atoms with Crippen LogP contribution in [0.4, 0.5) is 0 Å². The predicted octanol–water partition coefficient (Wildman–Crippen LogP) is 1.02. The van der Waals surface area contributed by atoms with E-state index in [9.17, 15) is 0 Å². The van der Waals surface area contributed by atoms with E-state index in [0.29, 0.717) is 0 Å². The summed E-state index contributed by atoms with van der Waals surface area (Å²) in [7, 11) is 0. The van der Waals surface area contributed by atoms with Crippen molar-refractivity contribution in [3.63, 3.8) is 0 Å². The minimum Gasteiger partial charge on any atom is -0.372 e. The van der Waals surface area contributed by atoms with Gasteiger partial charge in [-0.1, -0.05) is 0 Å². The van der Waals surface area contributed by atoms with Gasteiger partial charge in [-0.05, 0) is 0 Å². The van der Waals surface area contributed by atoms with E-state index < -0.39 is 0 Å². The Labute approximate surface area is 335 Å². The molecule has 0 rings (SSSR count). The van der Waals surface area contributed by atoms with Gasteiger partial charge in [-0.2, -0.15) is 0 Å². The van der Waals surface area contributed by atoms with Gasteiger partial charge in [0.15, 0.2) is 0 Å². The number of hydrogen-bond donors (Lipinski definition) is 0. The molecular formula is C3H6Y10-2. The summed E-state index contributed by atoms with van der Waals surface area (Å²) in [5.41, 5.74) is 0. The maximum atomic E-state index is 3.38. The van der Waals surface area contributed by atoms with Crippen LogP contribution in [0.1, 0.15) is 6.42 Å². The maximum absolute atomic E-state index is 3.38. The third-order valence-corrected chi connectivity index (χ3v) is 0. The van der Waals surface area contributed by atoms with Crippen LogP contribution in [0, 0.1) is 13.8 Å². The Morgan fingerprint density at radius 1 is 0.385 bits per heavy atom. The van der Waals surface area contributed by atoms with Crippen molar-refractivity contribution in [2.45, 2.75) is 6.42 Å². The van der Waals surface area contributed by atoms with Gasteiger partial charge in [-0.3, -0.25) is 0 Å². The molecule has 0 aliphatic rings. The molecule has 13 heavy (non-hydrogen) atoms. The molecule has 10 radical (unpaired) electrons. The van der Waals surface area contributed by atoms with E-state index >= 15 is 0 Å². The van der Waals surface area contributed by atoms with E-state index in [4.69, 9.17) is 0 Å². The molecule has 0 nitrogen and oxygen atoms in total. The second-order valence-corrected chi connectivity index (χ2v) is 0.354. The van der Waals surface area contributed by atoms with Gasteiger partial charge in [0.2, 0.25) is 0 Å². The summed E-state index contributed by atoms with van der Waals surface area (Å²) in [6, 6.07) is 0. The second-order valence-electron chi connectivity index (χ2n) is 0.354. The Hall–Kier alpha value is 11.0. The molecule has 0 aromatic heterocycles. The number of rotatable bonds is 0. The molecule has 0 amide bonds. The van der Waals surface area contributed by atoms with E-state index in [1.54, 1.807) is 0 Å². The molecule has 0 aromatic carbocycles. The predicted molar refractivity (Wildman–Crippen MR) is 15.3 cm³/mol. The van der Waals surface area contributed by atoms with E-state index in [-0.39, 0.29) is 327 Å². The SMILES string of the molecule is [CH2-]C[CH2-].[Y].[Y].[Y].[Y].[Y].[Y].[Y].[Y].[Y].[Y]. The van der Waals surface area contributed by atoms with E-state index in [2.05, 4.69) is 13.8 Å². The van der Waals surface area contributed by atoms with Crippen molar-refractivity contribution >= 4 is 0 Å². The van der Waals surface area contributed by atoms with Gasteiger partial charge in [0.05, 0.1) is 0 Å². The number of hydrogen-bond acceptors (Lipinski definition) is 0. The summed E-state index contributed by atoms with van der Waals surface area (Å²) in [4.78, 5) is 0. The molecule has 10 heteroatoms. The standard InChI is InChI=1S/C3H6.10Y/c1-3-2;;;;;;;;;;/h1-3H2;;;;;;;;;;/q-2;;;;;;;;;;. The fourth-order valence-corrected chi connectivity index (χ4v) is 0. The Balaban J connectivity index is -0.000000000444. The average Bonchev–Trinajstić information content (AvgIpc) is 0.918. The van der Waals surface area contributed by atoms with Gasteiger partial charge < -0.3 is 20.3 Å². The van der Waals surface area contributed by atoms with Crippen LogP contribution in [-0.2, 0) is 327 Å². The summed E-state index contributed by atoms with van der Waals surface area (Å²) < 4.78 is 0. The first-order valence-corrected chi connectivity index (χ1v) is 1.000. The molecule has 0 saturated heterocycles. The Morgan fingerprint density at radius 3 is 0.385 bits per heavy atom. The van der Waals surface area contributed by atoms with Crippen molar-refractivity contribution in [1.82, 2.24) is 0 Å². The summed E-state index contributed by atoms with van der Waals surface area (Å²) in [5.74, 6) is 0. The Morgan fingerprint density at radius 2 is 0.385 bits per heavy atom. The molecule has 0 saturated carbocycles. The molecule has 0 unspecified atom stereocenters. The van der Waals surface area contributed by atoms with Crippen molar-refractivity contribution in [3.8, 4) is 0 Å². The zero-order valence-electron chi connectivity index (χ0n) is 7.89. The van der Waals surface area contributed by atoms with Crippen LogP contribution < -0.4 is 0 Å². The van der Waals surface area contributed by atoms with Crippen LogP contribution in [0.15, 0.2) is 0 Å². The molecule has 0 aliphatic heterocycles. The first-order valence-electron chi connectivity index (χ1n) is 1.000. The normalized spacial score (nSPS) is 1.38. The zero-order chi connectivity index (χ0) is 2.71. The van der Waals surface area contributed by atoms with Crippen LogP contribution in [0.2, 0.25) is 0 Å². The monoisotopic (exact) mass is 931 g/mol. The van der Waals surface area contributed by atoms with Crippen molar-refractivity contribution in [3.05, 3.63) is 13.8 Å². The minimum atomic E-state index is 0. The summed E-state index contributed by atoms with van der Waals surface area (Å²) >= 11 is 0. The zero-order valence-corrected chi connectivity index (χ0v) is 36.3. The van der Waals surface area contributed by atoms with Gasteiger partial charge in [-0.25, -0.2) is 0 Å². The largest absolute Gasteiger partial charge is 0.372 e. The Bertz CT molecular complexity index is 10.1. The average molecular weight is 931 g/mol. The van der Waals surface area contributed by atoms with Crippen molar-refractivity contribution in [2.24, 2.45) is 0 Å². The molecule has 0 N–H and O–H groups in total. The van der Waals surface area contributed by atoms with Gasteiger partial charge in [0.25, 0.3) is 0 Å². The third kappa shape index (κ3) is 83.7. The second kappa shape index (κ2) is 77.2. The van der Waals surface area contributed by atoms with Gasteiger partial charge in [-0.15, -0.1) is 0 Å². The quantitative estimate of drug-likeness (QED) is 0.319. The molecule has 0 aromatic rings. The fourth-order valence-electron chi connectivity index (χ4n) is 0. The first-order chi connectivity index (χ1) is 1.41. The van der Waals surface area contributed by atoms with Crippen molar-refractivity contribution < 1.29 is 327 Å². The van der Waals surface area contributed by atoms with E-state index in [1.807, 2.05) is 0 Å². The molecule has 0 bridgehead atoms. The van der Waals surface area contributed by atoms with Gasteiger partial charge in [0, 0.05) is 327 Å². The van der Waals surface area contributed by atoms with Crippen molar-refractivity contribution in [1.29, 1.82) is 0 Å². The molecule has 0 spiro atoms. The molecule has 0 aliphatic carbocycles. The smallest absolute Gasteiger partial charge is 0 e. The van der Waals surface area contributed by atoms with Gasteiger partial charge in [0.1, 0.15) is 0 Å². The van der Waals surface area contributed by atoms with Crippen LogP contribution in [-0.4, -0.2) is 0 Å². The van der Waals surface area contributed by atoms with Crippen LogP contribution in [0.25, 0.3) is 0 Å². The molecular weight excluding hydrogens is 925 g/mol. The van der Waals surface area contributed by atoms with E-state index in [0.717, 1.165) is 6.42 Å². The van der Waals surface area contributed by atoms with Crippen LogP contribution >= 0.6 is 0 Å². The van der Waals surface area contributed by atoms with Crippen LogP contribution in [0.3, 0.4) is 0 Å². The van der Waals surface area contributed by atoms with Gasteiger partial charge >= 0.3 is 0 Å². The molecule has 0 fully saturated rings. The summed E-state index contributed by atoms with van der Waals surface area (Å²) in [5, 5.41) is 0. The summed E-state index contributed by atoms with van der Waals surface area (Å²) in [6.45, 7) is 6.75. The third-order valence-electron chi connectivity index (χ3n) is 0. The maximum Gasteiger partial charge on any atom is 0 e. The van der Waals surface area contributed by atoms with Crippen LogP contribution in [0.5, 0.6) is 0 Å². The molecule has 0 heterocycles. The summed E-state index contributed by atoms with van der Waals surface area (Å²) in [6.07, 6.45) is 0.750. The molecule has 0 atom stereocenters. The van der Waals surface area contributed by atoms with Crippen molar-refractivity contribution in [2.75, 3.05) is 0 Å².